The number of likely N-dealkylation sites (N-methyl/N-ethyl adjacent to an activating group) is 1. The number of hydrogen-bond donors (Lipinski definition) is 1. The van der Waals surface area contributed by atoms with E-state index in [-0.39, 0.29) is 37.1 Å². The van der Waals surface area contributed by atoms with Crippen LogP contribution in [0.2, 0.25) is 0 Å². The first-order valence-corrected chi connectivity index (χ1v) is 8.41. The summed E-state index contributed by atoms with van der Waals surface area (Å²) in [5.41, 5.74) is 0. The minimum atomic E-state index is -0.922. The smallest absolute Gasteiger partial charge is 0.305 e. The number of carbonyl (C=O) groups excluding carboxylic acids is 2. The molecule has 0 bridgehead atoms. The highest BCUT2D eigenvalue weighted by Crippen LogP contribution is 2.24. The van der Waals surface area contributed by atoms with E-state index in [2.05, 4.69) is 11.8 Å². The second kappa shape index (κ2) is 7.77. The van der Waals surface area contributed by atoms with Gasteiger partial charge in [-0.15, -0.1) is 0 Å². The highest BCUT2D eigenvalue weighted by atomic mass is 16.4. The van der Waals surface area contributed by atoms with Crippen molar-refractivity contribution in [3.05, 3.63) is 0 Å². The van der Waals surface area contributed by atoms with Crippen molar-refractivity contribution in [2.75, 3.05) is 39.8 Å². The number of nitrogens with zero attached hydrogens (tertiary/aromatic N) is 3. The van der Waals surface area contributed by atoms with Crippen LogP contribution in [0.5, 0.6) is 0 Å². The molecule has 0 saturated carbocycles. The minimum Gasteiger partial charge on any atom is -0.481 e. The molecule has 0 unspecified atom stereocenters. The van der Waals surface area contributed by atoms with E-state index in [1.807, 2.05) is 4.90 Å². The Balaban J connectivity index is 1.86. The number of amides is 2. The van der Waals surface area contributed by atoms with Gasteiger partial charge in [0.1, 0.15) is 0 Å². The van der Waals surface area contributed by atoms with Crippen molar-refractivity contribution < 1.29 is 19.5 Å². The van der Waals surface area contributed by atoms with Gasteiger partial charge in [0.25, 0.3) is 0 Å². The zero-order chi connectivity index (χ0) is 17.0. The summed E-state index contributed by atoms with van der Waals surface area (Å²) < 4.78 is 0. The quantitative estimate of drug-likeness (QED) is 0.726. The monoisotopic (exact) mass is 325 g/mol. The molecular weight excluding hydrogens is 298 g/mol. The minimum absolute atomic E-state index is 0.0398. The van der Waals surface area contributed by atoms with Crippen LogP contribution in [-0.2, 0) is 14.4 Å². The van der Waals surface area contributed by atoms with E-state index in [1.54, 1.807) is 7.05 Å². The lowest BCUT2D eigenvalue weighted by Gasteiger charge is -2.28. The van der Waals surface area contributed by atoms with Crippen molar-refractivity contribution in [1.29, 1.82) is 0 Å². The molecule has 23 heavy (non-hydrogen) atoms. The van der Waals surface area contributed by atoms with Crippen molar-refractivity contribution in [2.24, 2.45) is 5.92 Å². The Kier molecular flexibility index (Phi) is 5.98. The Hall–Kier alpha value is -1.63. The first-order chi connectivity index (χ1) is 10.9. The molecule has 2 fully saturated rings. The molecule has 7 nitrogen and oxygen atoms in total. The molecule has 0 radical (unpaired) electrons. The molecule has 1 N–H and O–H groups in total. The Morgan fingerprint density at radius 2 is 2.13 bits per heavy atom. The molecule has 2 aliphatic heterocycles. The van der Waals surface area contributed by atoms with Gasteiger partial charge in [-0.25, -0.2) is 0 Å². The maximum Gasteiger partial charge on any atom is 0.305 e. The van der Waals surface area contributed by atoms with Gasteiger partial charge < -0.3 is 14.9 Å². The third-order valence-corrected chi connectivity index (χ3v) is 4.94. The van der Waals surface area contributed by atoms with Crippen molar-refractivity contribution in [1.82, 2.24) is 14.7 Å². The number of carbonyl (C=O) groups is 3. The van der Waals surface area contributed by atoms with Gasteiger partial charge in [-0.1, -0.05) is 6.92 Å². The van der Waals surface area contributed by atoms with E-state index in [0.29, 0.717) is 19.1 Å². The highest BCUT2D eigenvalue weighted by Gasteiger charge is 2.37. The van der Waals surface area contributed by atoms with Gasteiger partial charge in [-0.3, -0.25) is 19.3 Å². The van der Waals surface area contributed by atoms with E-state index in [0.717, 1.165) is 19.5 Å². The van der Waals surface area contributed by atoms with Gasteiger partial charge in [0.15, 0.2) is 0 Å². The summed E-state index contributed by atoms with van der Waals surface area (Å²) in [7, 11) is 1.61. The van der Waals surface area contributed by atoms with Crippen LogP contribution >= 0.6 is 0 Å². The van der Waals surface area contributed by atoms with Crippen LogP contribution in [0.25, 0.3) is 0 Å². The van der Waals surface area contributed by atoms with Crippen LogP contribution in [0, 0.1) is 5.92 Å². The molecule has 2 amide bonds. The molecule has 2 saturated heterocycles. The maximum atomic E-state index is 12.4. The van der Waals surface area contributed by atoms with Crippen LogP contribution in [0.15, 0.2) is 0 Å². The molecule has 0 aromatic rings. The highest BCUT2D eigenvalue weighted by molar-refractivity contribution is 5.89. The lowest BCUT2D eigenvalue weighted by atomic mass is 10.1. The van der Waals surface area contributed by atoms with Gasteiger partial charge >= 0.3 is 5.97 Å². The zero-order valence-corrected chi connectivity index (χ0v) is 14.0. The van der Waals surface area contributed by atoms with E-state index in [9.17, 15) is 14.4 Å². The summed E-state index contributed by atoms with van der Waals surface area (Å²) in [5, 5.41) is 8.70. The fourth-order valence-electron chi connectivity index (χ4n) is 3.57. The summed E-state index contributed by atoms with van der Waals surface area (Å²) in [6.45, 7) is 5.56. The number of carboxylic acids is 1. The normalized spacial score (nSPS) is 25.1. The van der Waals surface area contributed by atoms with E-state index in [4.69, 9.17) is 5.11 Å². The van der Waals surface area contributed by atoms with E-state index >= 15 is 0 Å². The van der Waals surface area contributed by atoms with Crippen molar-refractivity contribution >= 4 is 17.8 Å². The number of carboxylic acid groups (broad SMARTS) is 1. The molecular formula is C16H27N3O4. The van der Waals surface area contributed by atoms with E-state index in [1.165, 1.54) is 11.3 Å². The number of aliphatic carboxylic acids is 1. The third kappa shape index (κ3) is 4.43. The van der Waals surface area contributed by atoms with Crippen LogP contribution in [0.4, 0.5) is 0 Å². The molecule has 0 aliphatic carbocycles. The lowest BCUT2D eigenvalue weighted by molar-refractivity contribution is -0.139. The number of rotatable bonds is 7. The summed E-state index contributed by atoms with van der Waals surface area (Å²) in [6.07, 6.45) is 2.45. The van der Waals surface area contributed by atoms with E-state index < -0.39 is 5.97 Å². The molecule has 2 heterocycles. The fourth-order valence-corrected chi connectivity index (χ4v) is 3.57. The Labute approximate surface area is 137 Å². The largest absolute Gasteiger partial charge is 0.481 e. The van der Waals surface area contributed by atoms with Crippen LogP contribution in [0.1, 0.15) is 32.6 Å². The average molecular weight is 325 g/mol. The van der Waals surface area contributed by atoms with Crippen LogP contribution < -0.4 is 0 Å². The predicted octanol–water partition coefficient (Wildman–Crippen LogP) is 0.252. The predicted molar refractivity (Wildman–Crippen MR) is 84.8 cm³/mol. The first kappa shape index (κ1) is 17.7. The van der Waals surface area contributed by atoms with Crippen LogP contribution in [0.3, 0.4) is 0 Å². The molecule has 0 aromatic carbocycles. The van der Waals surface area contributed by atoms with Gasteiger partial charge in [0.2, 0.25) is 11.8 Å². The lowest BCUT2D eigenvalue weighted by Crippen LogP contribution is -2.41. The molecule has 2 aliphatic rings. The number of hydrogen-bond acceptors (Lipinski definition) is 4. The zero-order valence-electron chi connectivity index (χ0n) is 14.0. The summed E-state index contributed by atoms with van der Waals surface area (Å²) >= 11 is 0. The standard InChI is InChI=1S/C16H27N3O4/c1-3-18-7-4-5-13(18)11-19-10-12(9-14(19)20)16(23)17(2)8-6-15(21)22/h12-13H,3-11H2,1-2H3,(H,21,22)/t12-,13+/m0/s1. The maximum absolute atomic E-state index is 12.4. The Morgan fingerprint density at radius 3 is 2.78 bits per heavy atom. The summed E-state index contributed by atoms with van der Waals surface area (Å²) in [5.74, 6) is -1.34. The molecule has 130 valence electrons. The van der Waals surface area contributed by atoms with Crippen molar-refractivity contribution in [2.45, 2.75) is 38.6 Å². The second-order valence-electron chi connectivity index (χ2n) is 6.53. The molecule has 0 spiro atoms. The summed E-state index contributed by atoms with van der Waals surface area (Å²) in [4.78, 5) is 40.8. The summed E-state index contributed by atoms with van der Waals surface area (Å²) in [6, 6.07) is 0.405. The molecule has 0 aromatic heterocycles. The fraction of sp³-hybridized carbons (Fsp3) is 0.812. The van der Waals surface area contributed by atoms with Crippen molar-refractivity contribution in [3.63, 3.8) is 0 Å². The van der Waals surface area contributed by atoms with Gasteiger partial charge in [-0.2, -0.15) is 0 Å². The molecule has 7 heteroatoms. The second-order valence-corrected chi connectivity index (χ2v) is 6.53. The number of likely N-dealkylation sites (tertiary alicyclic amines) is 2. The van der Waals surface area contributed by atoms with Gasteiger partial charge in [0.05, 0.1) is 12.3 Å². The van der Waals surface area contributed by atoms with Crippen LogP contribution in [-0.4, -0.2) is 83.4 Å². The SMILES string of the molecule is CCN1CCC[C@@H]1CN1C[C@@H](C(=O)N(C)CCC(=O)O)CC1=O. The third-order valence-electron chi connectivity index (χ3n) is 4.94. The van der Waals surface area contributed by atoms with Gasteiger partial charge in [0, 0.05) is 39.1 Å². The molecule has 2 atom stereocenters. The first-order valence-electron chi connectivity index (χ1n) is 8.41. The topological polar surface area (TPSA) is 81.2 Å². The molecule has 2 rings (SSSR count). The van der Waals surface area contributed by atoms with Gasteiger partial charge in [-0.05, 0) is 25.9 Å². The Bertz CT molecular complexity index is 468. The van der Waals surface area contributed by atoms with Crippen molar-refractivity contribution in [3.8, 4) is 0 Å². The average Bonchev–Trinajstić information content (AvgIpc) is 3.11. The Morgan fingerprint density at radius 1 is 1.39 bits per heavy atom.